The summed E-state index contributed by atoms with van der Waals surface area (Å²) in [6, 6.07) is 8.40. The number of rotatable bonds is 1. The molecule has 0 atom stereocenters. The maximum atomic E-state index is 5.18. The second-order valence-corrected chi connectivity index (χ2v) is 3.61. The monoisotopic (exact) mass is 192 g/mol. The second-order valence-electron chi connectivity index (χ2n) is 3.22. The fraction of sp³-hybridized carbons (Fsp3) is 0.300. The summed E-state index contributed by atoms with van der Waals surface area (Å²) >= 11 is 5.18. The summed E-state index contributed by atoms with van der Waals surface area (Å²) in [5.41, 5.74) is 2.46. The van der Waals surface area contributed by atoms with Crippen LogP contribution in [0.25, 0.3) is 0 Å². The zero-order valence-electron chi connectivity index (χ0n) is 7.58. The Morgan fingerprint density at radius 3 is 2.92 bits per heavy atom. The average Bonchev–Trinajstić information content (AvgIpc) is 2.51. The highest BCUT2D eigenvalue weighted by Gasteiger charge is 2.16. The Morgan fingerprint density at radius 1 is 1.46 bits per heavy atom. The van der Waals surface area contributed by atoms with Gasteiger partial charge in [0.25, 0.3) is 0 Å². The molecule has 0 spiro atoms. The zero-order chi connectivity index (χ0) is 9.26. The van der Waals surface area contributed by atoms with Gasteiger partial charge in [0, 0.05) is 18.8 Å². The zero-order valence-corrected chi connectivity index (χ0v) is 8.40. The quantitative estimate of drug-likeness (QED) is 0.682. The van der Waals surface area contributed by atoms with Crippen LogP contribution in [-0.4, -0.2) is 18.2 Å². The molecule has 1 heterocycles. The molecule has 0 aromatic heterocycles. The van der Waals surface area contributed by atoms with E-state index in [9.17, 15) is 0 Å². The molecule has 0 amide bonds. The van der Waals surface area contributed by atoms with Crippen LogP contribution in [0, 0.1) is 6.92 Å². The van der Waals surface area contributed by atoms with Crippen LogP contribution in [0.5, 0.6) is 0 Å². The molecule has 68 valence electrons. The Morgan fingerprint density at radius 2 is 2.31 bits per heavy atom. The maximum Gasteiger partial charge on any atom is 0.173 e. The highest BCUT2D eigenvalue weighted by molar-refractivity contribution is 7.80. The van der Waals surface area contributed by atoms with Gasteiger partial charge in [-0.15, -0.1) is 0 Å². The molecule has 2 nitrogen and oxygen atoms in total. The Kier molecular flexibility index (Phi) is 2.19. The van der Waals surface area contributed by atoms with E-state index < -0.39 is 0 Å². The van der Waals surface area contributed by atoms with E-state index in [1.165, 1.54) is 11.3 Å². The van der Waals surface area contributed by atoms with Crippen LogP contribution < -0.4 is 10.2 Å². The Labute approximate surface area is 83.6 Å². The lowest BCUT2D eigenvalue weighted by Gasteiger charge is -2.16. The first-order valence-corrected chi connectivity index (χ1v) is 4.80. The second kappa shape index (κ2) is 3.34. The molecule has 1 aliphatic rings. The van der Waals surface area contributed by atoms with Gasteiger partial charge in [-0.05, 0) is 36.8 Å². The van der Waals surface area contributed by atoms with E-state index in [2.05, 4.69) is 41.4 Å². The summed E-state index contributed by atoms with van der Waals surface area (Å²) in [5.74, 6) is 0. The molecule has 1 aliphatic heterocycles. The standard InChI is InChI=1S/C10H12N2S/c1-8-3-2-4-9(7-8)12-6-5-11-10(12)13/h2-4,7H,5-6H2,1H3,(H,11,13). The number of hydrogen-bond donors (Lipinski definition) is 1. The molecule has 0 saturated carbocycles. The van der Waals surface area contributed by atoms with Gasteiger partial charge in [-0.1, -0.05) is 12.1 Å². The molecule has 0 bridgehead atoms. The third-order valence-corrected chi connectivity index (χ3v) is 2.53. The number of anilines is 1. The maximum absolute atomic E-state index is 5.18. The van der Waals surface area contributed by atoms with Crippen LogP contribution in [0.1, 0.15) is 5.56 Å². The SMILES string of the molecule is Cc1cccc(N2CCNC2=S)c1. The number of nitrogens with one attached hydrogen (secondary N) is 1. The number of aryl methyl sites for hydroxylation is 1. The first-order valence-electron chi connectivity index (χ1n) is 4.39. The highest BCUT2D eigenvalue weighted by atomic mass is 32.1. The van der Waals surface area contributed by atoms with Crippen molar-refractivity contribution in [2.75, 3.05) is 18.0 Å². The first kappa shape index (κ1) is 8.51. The van der Waals surface area contributed by atoms with Crippen molar-refractivity contribution < 1.29 is 0 Å². The summed E-state index contributed by atoms with van der Waals surface area (Å²) in [6.45, 7) is 4.02. The van der Waals surface area contributed by atoms with E-state index in [1.54, 1.807) is 0 Å². The number of hydrogen-bond acceptors (Lipinski definition) is 1. The molecule has 0 unspecified atom stereocenters. The summed E-state index contributed by atoms with van der Waals surface area (Å²) in [4.78, 5) is 2.13. The molecule has 3 heteroatoms. The van der Waals surface area contributed by atoms with E-state index >= 15 is 0 Å². The molecular formula is C10H12N2S. The van der Waals surface area contributed by atoms with Crippen LogP contribution in [0.15, 0.2) is 24.3 Å². The molecule has 1 fully saturated rings. The highest BCUT2D eigenvalue weighted by Crippen LogP contribution is 2.17. The van der Waals surface area contributed by atoms with E-state index in [1.807, 2.05) is 0 Å². The van der Waals surface area contributed by atoms with E-state index in [-0.39, 0.29) is 0 Å². The average molecular weight is 192 g/mol. The summed E-state index contributed by atoms with van der Waals surface area (Å²) in [6.07, 6.45) is 0. The van der Waals surface area contributed by atoms with E-state index in [4.69, 9.17) is 12.2 Å². The predicted molar refractivity (Wildman–Crippen MR) is 59.1 cm³/mol. The Balaban J connectivity index is 2.29. The van der Waals surface area contributed by atoms with Crippen molar-refractivity contribution >= 4 is 23.0 Å². The molecular weight excluding hydrogens is 180 g/mol. The van der Waals surface area contributed by atoms with E-state index in [0.717, 1.165) is 18.2 Å². The Bertz CT molecular complexity index is 335. The molecule has 1 saturated heterocycles. The van der Waals surface area contributed by atoms with Gasteiger partial charge in [0.05, 0.1) is 0 Å². The largest absolute Gasteiger partial charge is 0.360 e. The molecule has 1 N–H and O–H groups in total. The first-order chi connectivity index (χ1) is 6.27. The van der Waals surface area contributed by atoms with Crippen LogP contribution in [0.3, 0.4) is 0 Å². The number of benzene rings is 1. The van der Waals surface area contributed by atoms with Crippen molar-refractivity contribution in [2.45, 2.75) is 6.92 Å². The van der Waals surface area contributed by atoms with Crippen LogP contribution in [0.4, 0.5) is 5.69 Å². The molecule has 0 radical (unpaired) electrons. The molecule has 0 aliphatic carbocycles. The number of thiocarbonyl (C=S) groups is 1. The molecule has 13 heavy (non-hydrogen) atoms. The third-order valence-electron chi connectivity index (χ3n) is 2.17. The molecule has 1 aromatic carbocycles. The smallest absolute Gasteiger partial charge is 0.173 e. The van der Waals surface area contributed by atoms with Crippen LogP contribution in [0.2, 0.25) is 0 Å². The van der Waals surface area contributed by atoms with Gasteiger partial charge in [0.2, 0.25) is 0 Å². The lowest BCUT2D eigenvalue weighted by atomic mass is 10.2. The lowest BCUT2D eigenvalue weighted by molar-refractivity contribution is 0.975. The van der Waals surface area contributed by atoms with Gasteiger partial charge in [-0.2, -0.15) is 0 Å². The van der Waals surface area contributed by atoms with Crippen molar-refractivity contribution in [3.63, 3.8) is 0 Å². The van der Waals surface area contributed by atoms with Crippen molar-refractivity contribution in [3.8, 4) is 0 Å². The minimum atomic E-state index is 0.839. The fourth-order valence-corrected chi connectivity index (χ4v) is 1.81. The van der Waals surface area contributed by atoms with Crippen molar-refractivity contribution in [2.24, 2.45) is 0 Å². The van der Waals surface area contributed by atoms with Gasteiger partial charge < -0.3 is 10.2 Å². The van der Waals surface area contributed by atoms with Crippen LogP contribution >= 0.6 is 12.2 Å². The van der Waals surface area contributed by atoms with Crippen molar-refractivity contribution in [1.82, 2.24) is 5.32 Å². The fourth-order valence-electron chi connectivity index (χ4n) is 1.51. The van der Waals surface area contributed by atoms with Gasteiger partial charge in [0.15, 0.2) is 5.11 Å². The molecule has 1 aromatic rings. The third kappa shape index (κ3) is 1.65. The summed E-state index contributed by atoms with van der Waals surface area (Å²) in [7, 11) is 0. The minimum absolute atomic E-state index is 0.839. The van der Waals surface area contributed by atoms with Gasteiger partial charge in [0.1, 0.15) is 0 Å². The van der Waals surface area contributed by atoms with Gasteiger partial charge in [-0.3, -0.25) is 0 Å². The summed E-state index contributed by atoms with van der Waals surface area (Å²) < 4.78 is 0. The summed E-state index contributed by atoms with van der Waals surface area (Å²) in [5, 5.41) is 3.98. The van der Waals surface area contributed by atoms with Crippen molar-refractivity contribution in [3.05, 3.63) is 29.8 Å². The minimum Gasteiger partial charge on any atom is -0.360 e. The van der Waals surface area contributed by atoms with Crippen LogP contribution in [-0.2, 0) is 0 Å². The topological polar surface area (TPSA) is 15.3 Å². The van der Waals surface area contributed by atoms with Crippen molar-refractivity contribution in [1.29, 1.82) is 0 Å². The van der Waals surface area contributed by atoms with Gasteiger partial charge in [-0.25, -0.2) is 0 Å². The van der Waals surface area contributed by atoms with E-state index in [0.29, 0.717) is 0 Å². The Hall–Kier alpha value is -1.09. The normalized spacial score (nSPS) is 16.1. The lowest BCUT2D eigenvalue weighted by Crippen LogP contribution is -2.27. The molecule has 2 rings (SSSR count). The number of nitrogens with zero attached hydrogens (tertiary/aromatic N) is 1. The van der Waals surface area contributed by atoms with Gasteiger partial charge >= 0.3 is 0 Å². The predicted octanol–water partition coefficient (Wildman–Crippen LogP) is 1.69.